The maximum atomic E-state index is 11.6. The lowest BCUT2D eigenvalue weighted by atomic mass is 9.77. The number of aliphatic hydroxyl groups is 1. The van der Waals surface area contributed by atoms with Crippen LogP contribution in [0.3, 0.4) is 0 Å². The van der Waals surface area contributed by atoms with Crippen molar-refractivity contribution in [3.05, 3.63) is 0 Å². The fourth-order valence-corrected chi connectivity index (χ4v) is 3.70. The van der Waals surface area contributed by atoms with Gasteiger partial charge in [-0.05, 0) is 38.5 Å². The average molecular weight is 311 g/mol. The maximum Gasteiger partial charge on any atom is 0.217 e. The molecule has 22 heavy (non-hydrogen) atoms. The highest BCUT2D eigenvalue weighted by molar-refractivity contribution is 5.73. The molecule has 5 unspecified atom stereocenters. The van der Waals surface area contributed by atoms with Gasteiger partial charge in [-0.3, -0.25) is 4.79 Å². The molecule has 0 aromatic rings. The molecule has 5 N–H and O–H groups in total. The number of hydrogen-bond acceptors (Lipinski definition) is 6. The van der Waals surface area contributed by atoms with Crippen molar-refractivity contribution in [2.75, 3.05) is 0 Å². The topological polar surface area (TPSA) is 122 Å². The molecule has 2 saturated carbocycles. The van der Waals surface area contributed by atoms with Crippen molar-refractivity contribution in [2.45, 2.75) is 74.7 Å². The number of nitrogens with two attached hydrogens (primary N) is 1. The molecule has 0 aromatic carbocycles. The van der Waals surface area contributed by atoms with Crippen LogP contribution in [0.1, 0.15) is 45.4 Å². The Kier molecular flexibility index (Phi) is 4.99. The number of carbonyl (C=O) groups is 3. The second-order valence-corrected chi connectivity index (χ2v) is 6.79. The highest BCUT2D eigenvalue weighted by Crippen LogP contribution is 2.33. The van der Waals surface area contributed by atoms with Crippen LogP contribution in [-0.4, -0.2) is 52.9 Å². The predicted molar refractivity (Wildman–Crippen MR) is 80.0 cm³/mol. The average Bonchev–Trinajstić information content (AvgIpc) is 2.83. The molecule has 2 aliphatic carbocycles. The van der Waals surface area contributed by atoms with E-state index >= 15 is 0 Å². The second-order valence-electron chi connectivity index (χ2n) is 6.79. The lowest BCUT2D eigenvalue weighted by Crippen LogP contribution is -2.62. The Morgan fingerprint density at radius 1 is 1.23 bits per heavy atom. The normalized spacial score (nSPS) is 41.9. The molecule has 0 radical (unpaired) electrons. The van der Waals surface area contributed by atoms with E-state index in [1.807, 2.05) is 0 Å². The van der Waals surface area contributed by atoms with Crippen LogP contribution in [0.15, 0.2) is 0 Å². The summed E-state index contributed by atoms with van der Waals surface area (Å²) in [7, 11) is 0. The molecule has 1 amide bonds. The zero-order valence-electron chi connectivity index (χ0n) is 12.9. The molecule has 2 fully saturated rings. The van der Waals surface area contributed by atoms with E-state index in [0.29, 0.717) is 44.8 Å². The molecular weight excluding hydrogens is 286 g/mol. The van der Waals surface area contributed by atoms with Crippen molar-refractivity contribution in [1.82, 2.24) is 10.6 Å². The number of rotatable bonds is 5. The van der Waals surface area contributed by atoms with Crippen LogP contribution in [0, 0.1) is 0 Å². The lowest BCUT2D eigenvalue weighted by molar-refractivity contribution is -0.123. The van der Waals surface area contributed by atoms with Gasteiger partial charge < -0.3 is 31.1 Å². The molecular formula is C15H25N3O4. The first-order valence-corrected chi connectivity index (χ1v) is 7.77. The quantitative estimate of drug-likeness (QED) is 0.484. The first kappa shape index (κ1) is 17.1. The van der Waals surface area contributed by atoms with Gasteiger partial charge in [-0.2, -0.15) is 0 Å². The van der Waals surface area contributed by atoms with E-state index in [1.54, 1.807) is 0 Å². The number of aldehydes is 2. The van der Waals surface area contributed by atoms with Gasteiger partial charge in [0.05, 0.1) is 5.54 Å². The number of hydrogen-bond donors (Lipinski definition) is 4. The summed E-state index contributed by atoms with van der Waals surface area (Å²) in [5.74, 6) is -0.126. The molecule has 5 atom stereocenters. The zero-order valence-corrected chi connectivity index (χ0v) is 12.9. The van der Waals surface area contributed by atoms with Gasteiger partial charge in [0, 0.05) is 25.0 Å². The zero-order chi connectivity index (χ0) is 16.4. The van der Waals surface area contributed by atoms with E-state index in [4.69, 9.17) is 5.73 Å². The van der Waals surface area contributed by atoms with Crippen molar-refractivity contribution in [3.8, 4) is 0 Å². The fraction of sp³-hybridized carbons (Fsp3) is 0.800. The Hall–Kier alpha value is -1.31. The van der Waals surface area contributed by atoms with Crippen molar-refractivity contribution in [2.24, 2.45) is 5.73 Å². The molecule has 7 nitrogen and oxygen atoms in total. The van der Waals surface area contributed by atoms with E-state index in [0.717, 1.165) is 6.29 Å². The van der Waals surface area contributed by atoms with Gasteiger partial charge in [0.2, 0.25) is 5.91 Å². The summed E-state index contributed by atoms with van der Waals surface area (Å²) in [5, 5.41) is 16.1. The minimum absolute atomic E-state index is 0.0788. The summed E-state index contributed by atoms with van der Waals surface area (Å²) in [5.41, 5.74) is 4.09. The van der Waals surface area contributed by atoms with E-state index < -0.39 is 11.1 Å². The summed E-state index contributed by atoms with van der Waals surface area (Å²) in [6.45, 7) is 1.45. The monoisotopic (exact) mass is 311 g/mol. The Balaban J connectivity index is 1.98. The molecule has 0 spiro atoms. The fourth-order valence-electron chi connectivity index (χ4n) is 3.70. The van der Waals surface area contributed by atoms with Crippen molar-refractivity contribution >= 4 is 18.5 Å². The number of nitrogens with one attached hydrogen (secondary N) is 2. The highest BCUT2D eigenvalue weighted by atomic mass is 16.3. The Labute approximate surface area is 130 Å². The summed E-state index contributed by atoms with van der Waals surface area (Å²) in [6, 6.07) is -0.505. The molecule has 0 heterocycles. The molecule has 2 aliphatic rings. The van der Waals surface area contributed by atoms with Crippen LogP contribution < -0.4 is 16.4 Å². The maximum absolute atomic E-state index is 11.6. The van der Waals surface area contributed by atoms with Crippen molar-refractivity contribution in [3.63, 3.8) is 0 Å². The first-order valence-electron chi connectivity index (χ1n) is 7.77. The standard InChI is InChI=1S/C15H25N3O4/c1-10(21)17-13-3-4-14(8-19,7-12(13)16)18-11-2-5-15(22,6-11)9-20/h8-9,11-13,18,22H,2-7,16H2,1H3,(H,17,21). The summed E-state index contributed by atoms with van der Waals surface area (Å²) < 4.78 is 0. The van der Waals surface area contributed by atoms with Gasteiger partial charge in [0.25, 0.3) is 0 Å². The largest absolute Gasteiger partial charge is 0.382 e. The van der Waals surface area contributed by atoms with E-state index in [1.165, 1.54) is 6.92 Å². The molecule has 7 heteroatoms. The molecule has 0 saturated heterocycles. The number of carbonyl (C=O) groups excluding carboxylic acids is 3. The molecule has 0 aliphatic heterocycles. The minimum Gasteiger partial charge on any atom is -0.382 e. The third-order valence-corrected chi connectivity index (χ3v) is 4.87. The first-order chi connectivity index (χ1) is 10.3. The van der Waals surface area contributed by atoms with Crippen LogP contribution in [0.5, 0.6) is 0 Å². The third kappa shape index (κ3) is 3.71. The smallest absolute Gasteiger partial charge is 0.217 e. The predicted octanol–water partition coefficient (Wildman–Crippen LogP) is -0.988. The Morgan fingerprint density at radius 2 is 1.95 bits per heavy atom. The molecule has 124 valence electrons. The summed E-state index contributed by atoms with van der Waals surface area (Å²) in [6.07, 6.45) is 4.46. The lowest BCUT2D eigenvalue weighted by Gasteiger charge is -2.42. The Morgan fingerprint density at radius 3 is 2.45 bits per heavy atom. The molecule has 2 rings (SSSR count). The minimum atomic E-state index is -1.28. The van der Waals surface area contributed by atoms with Crippen LogP contribution in [-0.2, 0) is 14.4 Å². The number of amides is 1. The van der Waals surface area contributed by atoms with Gasteiger partial charge in [-0.25, -0.2) is 0 Å². The molecule has 0 aromatic heterocycles. The van der Waals surface area contributed by atoms with Crippen LogP contribution in [0.25, 0.3) is 0 Å². The van der Waals surface area contributed by atoms with Gasteiger partial charge in [-0.1, -0.05) is 0 Å². The van der Waals surface area contributed by atoms with Crippen molar-refractivity contribution in [1.29, 1.82) is 0 Å². The van der Waals surface area contributed by atoms with Crippen molar-refractivity contribution < 1.29 is 19.5 Å². The summed E-state index contributed by atoms with van der Waals surface area (Å²) >= 11 is 0. The second kappa shape index (κ2) is 6.44. The van der Waals surface area contributed by atoms with Crippen LogP contribution in [0.4, 0.5) is 0 Å². The summed E-state index contributed by atoms with van der Waals surface area (Å²) in [4.78, 5) is 33.7. The van der Waals surface area contributed by atoms with Gasteiger partial charge in [0.15, 0.2) is 6.29 Å². The molecule has 0 bridgehead atoms. The van der Waals surface area contributed by atoms with Gasteiger partial charge in [0.1, 0.15) is 11.9 Å². The van der Waals surface area contributed by atoms with Gasteiger partial charge >= 0.3 is 0 Å². The third-order valence-electron chi connectivity index (χ3n) is 4.87. The van der Waals surface area contributed by atoms with E-state index in [9.17, 15) is 19.5 Å². The van der Waals surface area contributed by atoms with Crippen LogP contribution in [0.2, 0.25) is 0 Å². The Bertz CT molecular complexity index is 458. The SMILES string of the molecule is CC(=O)NC1CCC(C=O)(NC2CCC(O)(C=O)C2)CC1N. The van der Waals surface area contributed by atoms with Crippen LogP contribution >= 0.6 is 0 Å². The van der Waals surface area contributed by atoms with E-state index in [2.05, 4.69) is 10.6 Å². The van der Waals surface area contributed by atoms with Gasteiger partial charge in [-0.15, -0.1) is 0 Å². The highest BCUT2D eigenvalue weighted by Gasteiger charge is 2.44. The van der Waals surface area contributed by atoms with E-state index in [-0.39, 0.29) is 24.0 Å².